The number of H-pyrrole nitrogens is 1. The summed E-state index contributed by atoms with van der Waals surface area (Å²) >= 11 is 0. The van der Waals surface area contributed by atoms with Gasteiger partial charge in [0.15, 0.2) is 5.69 Å². The van der Waals surface area contributed by atoms with Crippen molar-refractivity contribution in [1.82, 2.24) is 30.7 Å². The SMILES string of the molecule is O=C(NCCC1CCNC1)c1noc2c1CN(c1ncnc3[nH]ccc13)CC2. The van der Waals surface area contributed by atoms with Gasteiger partial charge in [0.2, 0.25) is 0 Å². The van der Waals surface area contributed by atoms with E-state index in [9.17, 15) is 4.79 Å². The number of anilines is 1. The van der Waals surface area contributed by atoms with Gasteiger partial charge in [-0.15, -0.1) is 0 Å². The Kier molecular flexibility index (Phi) is 4.44. The molecule has 0 bridgehead atoms. The normalized spacial score (nSPS) is 19.1. The Balaban J connectivity index is 1.31. The number of carbonyl (C=O) groups is 1. The number of rotatable bonds is 5. The average molecular weight is 381 g/mol. The van der Waals surface area contributed by atoms with Crippen LogP contribution in [0.3, 0.4) is 0 Å². The van der Waals surface area contributed by atoms with Crippen molar-refractivity contribution in [3.63, 3.8) is 0 Å². The van der Waals surface area contributed by atoms with Crippen molar-refractivity contribution >= 4 is 22.8 Å². The third kappa shape index (κ3) is 3.11. The largest absolute Gasteiger partial charge is 0.360 e. The fourth-order valence-corrected chi connectivity index (χ4v) is 4.11. The molecule has 0 spiro atoms. The molecule has 1 unspecified atom stereocenters. The first-order valence-corrected chi connectivity index (χ1v) is 9.79. The van der Waals surface area contributed by atoms with Crippen LogP contribution in [0.2, 0.25) is 0 Å². The predicted molar refractivity (Wildman–Crippen MR) is 103 cm³/mol. The summed E-state index contributed by atoms with van der Waals surface area (Å²) < 4.78 is 5.46. The molecule has 28 heavy (non-hydrogen) atoms. The van der Waals surface area contributed by atoms with Gasteiger partial charge in [-0.2, -0.15) is 0 Å². The van der Waals surface area contributed by atoms with Crippen LogP contribution in [0.25, 0.3) is 11.0 Å². The van der Waals surface area contributed by atoms with Crippen LogP contribution in [0, 0.1) is 5.92 Å². The molecule has 9 nitrogen and oxygen atoms in total. The Morgan fingerprint density at radius 2 is 2.36 bits per heavy atom. The highest BCUT2D eigenvalue weighted by atomic mass is 16.5. The van der Waals surface area contributed by atoms with E-state index in [4.69, 9.17) is 4.52 Å². The van der Waals surface area contributed by atoms with Crippen LogP contribution in [-0.4, -0.2) is 52.2 Å². The Morgan fingerprint density at radius 1 is 1.39 bits per heavy atom. The van der Waals surface area contributed by atoms with Crippen molar-refractivity contribution in [2.45, 2.75) is 25.8 Å². The van der Waals surface area contributed by atoms with E-state index in [1.807, 2.05) is 12.3 Å². The van der Waals surface area contributed by atoms with Gasteiger partial charge in [-0.3, -0.25) is 4.79 Å². The molecule has 0 radical (unpaired) electrons. The number of nitrogens with one attached hydrogen (secondary N) is 3. The van der Waals surface area contributed by atoms with Crippen LogP contribution in [0.5, 0.6) is 0 Å². The summed E-state index contributed by atoms with van der Waals surface area (Å²) in [6.45, 7) is 4.08. The van der Waals surface area contributed by atoms with Crippen LogP contribution in [-0.2, 0) is 13.0 Å². The lowest BCUT2D eigenvalue weighted by Gasteiger charge is -2.27. The number of fused-ring (bicyclic) bond motifs is 2. The van der Waals surface area contributed by atoms with E-state index in [1.165, 1.54) is 6.42 Å². The minimum absolute atomic E-state index is 0.160. The zero-order chi connectivity index (χ0) is 18.9. The summed E-state index contributed by atoms with van der Waals surface area (Å²) in [6.07, 6.45) is 6.27. The molecule has 2 aliphatic rings. The van der Waals surface area contributed by atoms with Crippen LogP contribution < -0.4 is 15.5 Å². The number of aromatic nitrogens is 4. The molecule has 3 aromatic heterocycles. The maximum absolute atomic E-state index is 12.7. The van der Waals surface area contributed by atoms with Gasteiger partial charge in [0, 0.05) is 31.3 Å². The minimum Gasteiger partial charge on any atom is -0.360 e. The van der Waals surface area contributed by atoms with E-state index in [2.05, 4.69) is 35.6 Å². The van der Waals surface area contributed by atoms with Crippen molar-refractivity contribution in [1.29, 1.82) is 0 Å². The molecule has 2 aliphatic heterocycles. The molecule has 3 aromatic rings. The van der Waals surface area contributed by atoms with Crippen molar-refractivity contribution in [3.8, 4) is 0 Å². The topological polar surface area (TPSA) is 112 Å². The number of hydrogen-bond donors (Lipinski definition) is 3. The van der Waals surface area contributed by atoms with E-state index < -0.39 is 0 Å². The first kappa shape index (κ1) is 17.2. The Hall–Kier alpha value is -2.94. The molecule has 0 aromatic carbocycles. The van der Waals surface area contributed by atoms with Crippen molar-refractivity contribution in [2.75, 3.05) is 31.1 Å². The summed E-state index contributed by atoms with van der Waals surface area (Å²) in [5.41, 5.74) is 2.05. The maximum Gasteiger partial charge on any atom is 0.273 e. The Bertz CT molecular complexity index is 989. The van der Waals surface area contributed by atoms with Gasteiger partial charge < -0.3 is 25.0 Å². The van der Waals surface area contributed by atoms with Crippen LogP contribution in [0.15, 0.2) is 23.1 Å². The third-order valence-corrected chi connectivity index (χ3v) is 5.68. The van der Waals surface area contributed by atoms with Crippen molar-refractivity contribution < 1.29 is 9.32 Å². The molecule has 1 atom stereocenters. The fraction of sp³-hybridized carbons (Fsp3) is 0.474. The highest BCUT2D eigenvalue weighted by molar-refractivity contribution is 5.94. The Morgan fingerprint density at radius 3 is 3.25 bits per heavy atom. The van der Waals surface area contributed by atoms with E-state index in [-0.39, 0.29) is 5.91 Å². The predicted octanol–water partition coefficient (Wildman–Crippen LogP) is 1.24. The van der Waals surface area contributed by atoms with Gasteiger partial charge in [0.1, 0.15) is 23.6 Å². The van der Waals surface area contributed by atoms with Crippen LogP contribution in [0.1, 0.15) is 34.7 Å². The number of hydrogen-bond acceptors (Lipinski definition) is 7. The number of carbonyl (C=O) groups excluding carboxylic acids is 1. The number of amides is 1. The zero-order valence-corrected chi connectivity index (χ0v) is 15.6. The zero-order valence-electron chi connectivity index (χ0n) is 15.6. The highest BCUT2D eigenvalue weighted by Crippen LogP contribution is 2.29. The standard InChI is InChI=1S/C19H23N7O2/c27-19(22-6-2-12-1-5-20-9-12)16-14-10-26(8-4-15(14)28-25-16)18-13-3-7-21-17(13)23-11-24-18/h3,7,11-12,20H,1-2,4-6,8-10H2,(H,22,27)(H,21,23,24). The molecule has 1 fully saturated rings. The van der Waals surface area contributed by atoms with Crippen LogP contribution >= 0.6 is 0 Å². The molecule has 1 amide bonds. The molecule has 146 valence electrons. The number of nitrogens with zero attached hydrogens (tertiary/aromatic N) is 4. The molecule has 5 rings (SSSR count). The van der Waals surface area contributed by atoms with Gasteiger partial charge in [0.05, 0.1) is 11.9 Å². The van der Waals surface area contributed by atoms with Gasteiger partial charge in [-0.1, -0.05) is 5.16 Å². The minimum atomic E-state index is -0.160. The summed E-state index contributed by atoms with van der Waals surface area (Å²) in [7, 11) is 0. The highest BCUT2D eigenvalue weighted by Gasteiger charge is 2.29. The lowest BCUT2D eigenvalue weighted by molar-refractivity contribution is 0.0942. The smallest absolute Gasteiger partial charge is 0.273 e. The molecule has 3 N–H and O–H groups in total. The van der Waals surface area contributed by atoms with Gasteiger partial charge in [-0.05, 0) is 37.9 Å². The Labute approximate surface area is 161 Å². The van der Waals surface area contributed by atoms with E-state index >= 15 is 0 Å². The monoisotopic (exact) mass is 381 g/mol. The summed E-state index contributed by atoms with van der Waals surface area (Å²) in [4.78, 5) is 26.6. The lowest BCUT2D eigenvalue weighted by Crippen LogP contribution is -2.33. The second-order valence-electron chi connectivity index (χ2n) is 7.45. The third-order valence-electron chi connectivity index (χ3n) is 5.68. The summed E-state index contributed by atoms with van der Waals surface area (Å²) in [5, 5.41) is 11.4. The van der Waals surface area contributed by atoms with Gasteiger partial charge >= 0.3 is 0 Å². The van der Waals surface area contributed by atoms with Crippen molar-refractivity contribution in [2.24, 2.45) is 5.92 Å². The number of aromatic amines is 1. The molecule has 5 heterocycles. The van der Waals surface area contributed by atoms with E-state index in [0.29, 0.717) is 31.1 Å². The van der Waals surface area contributed by atoms with E-state index in [0.717, 1.165) is 54.2 Å². The fourth-order valence-electron chi connectivity index (χ4n) is 4.11. The molecular formula is C19H23N7O2. The second kappa shape index (κ2) is 7.23. The van der Waals surface area contributed by atoms with Gasteiger partial charge in [0.25, 0.3) is 5.91 Å². The van der Waals surface area contributed by atoms with Gasteiger partial charge in [-0.25, -0.2) is 9.97 Å². The molecular weight excluding hydrogens is 358 g/mol. The molecule has 1 saturated heterocycles. The second-order valence-corrected chi connectivity index (χ2v) is 7.45. The molecule has 0 saturated carbocycles. The first-order chi connectivity index (χ1) is 13.8. The van der Waals surface area contributed by atoms with Crippen LogP contribution in [0.4, 0.5) is 5.82 Å². The quantitative estimate of drug-likeness (QED) is 0.609. The molecule has 9 heteroatoms. The molecule has 0 aliphatic carbocycles. The average Bonchev–Trinajstić information content (AvgIpc) is 3.46. The van der Waals surface area contributed by atoms with Crippen molar-refractivity contribution in [3.05, 3.63) is 35.6 Å². The van der Waals surface area contributed by atoms with E-state index in [1.54, 1.807) is 6.33 Å². The summed E-state index contributed by atoms with van der Waals surface area (Å²) in [5.74, 6) is 2.13. The maximum atomic E-state index is 12.7. The lowest BCUT2D eigenvalue weighted by atomic mass is 10.0. The first-order valence-electron chi connectivity index (χ1n) is 9.79. The summed E-state index contributed by atoms with van der Waals surface area (Å²) in [6, 6.07) is 1.97.